The van der Waals surface area contributed by atoms with Gasteiger partial charge >= 0.3 is 0 Å². The highest BCUT2D eigenvalue weighted by Gasteiger charge is 2.10. The van der Waals surface area contributed by atoms with Crippen molar-refractivity contribution >= 4 is 37.7 Å². The van der Waals surface area contributed by atoms with E-state index in [-0.39, 0.29) is 0 Å². The number of thiazole rings is 1. The Hall–Kier alpha value is -2.47. The fraction of sp³-hybridized carbons (Fsp3) is 0.0714. The zero-order valence-electron chi connectivity index (χ0n) is 10.7. The third-order valence-electron chi connectivity index (χ3n) is 3.32. The Morgan fingerprint density at radius 1 is 1.25 bits per heavy atom. The molecule has 6 heteroatoms. The molecule has 0 aliphatic rings. The maximum absolute atomic E-state index is 5.81. The Balaban J connectivity index is 2.00. The molecule has 0 amide bonds. The summed E-state index contributed by atoms with van der Waals surface area (Å²) in [6.45, 7) is 0. The van der Waals surface area contributed by atoms with Crippen LogP contribution in [-0.4, -0.2) is 19.7 Å². The van der Waals surface area contributed by atoms with E-state index in [0.29, 0.717) is 5.13 Å². The highest BCUT2D eigenvalue weighted by molar-refractivity contribution is 7.22. The van der Waals surface area contributed by atoms with E-state index in [4.69, 9.17) is 5.73 Å². The molecule has 0 fully saturated rings. The Kier molecular flexibility index (Phi) is 2.28. The van der Waals surface area contributed by atoms with Gasteiger partial charge in [0.25, 0.3) is 0 Å². The molecule has 0 atom stereocenters. The van der Waals surface area contributed by atoms with Gasteiger partial charge in [0, 0.05) is 29.8 Å². The first kappa shape index (κ1) is 11.4. The molecule has 0 radical (unpaired) electrons. The SMILES string of the molecule is Cn1ncc2cc(-c3cccc4sc(N)nc34)cnc21. The largest absolute Gasteiger partial charge is 0.375 e. The van der Waals surface area contributed by atoms with E-state index in [1.165, 1.54) is 11.3 Å². The summed E-state index contributed by atoms with van der Waals surface area (Å²) in [5.74, 6) is 0. The lowest BCUT2D eigenvalue weighted by molar-refractivity contribution is 0.786. The third-order valence-corrected chi connectivity index (χ3v) is 4.17. The molecule has 0 bridgehead atoms. The van der Waals surface area contributed by atoms with Crippen LogP contribution in [-0.2, 0) is 7.05 Å². The maximum Gasteiger partial charge on any atom is 0.181 e. The molecule has 1 aromatic carbocycles. The van der Waals surface area contributed by atoms with Crippen LogP contribution in [0.4, 0.5) is 5.13 Å². The quantitative estimate of drug-likeness (QED) is 0.582. The third kappa shape index (κ3) is 1.58. The van der Waals surface area contributed by atoms with Gasteiger partial charge in [-0.05, 0) is 12.1 Å². The Labute approximate surface area is 118 Å². The van der Waals surface area contributed by atoms with Crippen LogP contribution in [0, 0.1) is 0 Å². The number of nitrogens with zero attached hydrogens (tertiary/aromatic N) is 4. The number of anilines is 1. The minimum atomic E-state index is 0.586. The van der Waals surface area contributed by atoms with Crippen molar-refractivity contribution in [1.29, 1.82) is 0 Å². The molecular weight excluding hydrogens is 270 g/mol. The highest BCUT2D eigenvalue weighted by Crippen LogP contribution is 2.33. The molecule has 0 saturated carbocycles. The molecule has 98 valence electrons. The van der Waals surface area contributed by atoms with Crippen molar-refractivity contribution in [1.82, 2.24) is 19.7 Å². The van der Waals surface area contributed by atoms with Crippen LogP contribution in [0.3, 0.4) is 0 Å². The second-order valence-corrected chi connectivity index (χ2v) is 5.67. The van der Waals surface area contributed by atoms with Gasteiger partial charge < -0.3 is 5.73 Å². The van der Waals surface area contributed by atoms with Gasteiger partial charge in [-0.3, -0.25) is 4.68 Å². The summed E-state index contributed by atoms with van der Waals surface area (Å²) >= 11 is 1.50. The molecule has 0 aliphatic heterocycles. The number of nitrogen functional groups attached to an aromatic ring is 1. The van der Waals surface area contributed by atoms with Gasteiger partial charge in [-0.1, -0.05) is 23.5 Å². The Morgan fingerprint density at radius 2 is 2.15 bits per heavy atom. The molecular formula is C14H11N5S. The average molecular weight is 281 g/mol. The number of hydrogen-bond acceptors (Lipinski definition) is 5. The van der Waals surface area contributed by atoms with Crippen molar-refractivity contribution in [2.24, 2.45) is 7.05 Å². The molecule has 4 rings (SSSR count). The molecule has 3 aromatic heterocycles. The number of fused-ring (bicyclic) bond motifs is 2. The fourth-order valence-corrected chi connectivity index (χ4v) is 3.15. The van der Waals surface area contributed by atoms with Crippen molar-refractivity contribution in [2.75, 3.05) is 5.73 Å². The van der Waals surface area contributed by atoms with Gasteiger partial charge in [0.2, 0.25) is 0 Å². The molecule has 20 heavy (non-hydrogen) atoms. The zero-order valence-corrected chi connectivity index (χ0v) is 11.6. The van der Waals surface area contributed by atoms with Crippen molar-refractivity contribution in [3.05, 3.63) is 36.7 Å². The van der Waals surface area contributed by atoms with E-state index < -0.39 is 0 Å². The first-order chi connectivity index (χ1) is 9.72. The lowest BCUT2D eigenvalue weighted by Gasteiger charge is -2.02. The number of hydrogen-bond donors (Lipinski definition) is 1. The van der Waals surface area contributed by atoms with Crippen molar-refractivity contribution < 1.29 is 0 Å². The number of para-hydroxylation sites is 1. The molecule has 3 heterocycles. The smallest absolute Gasteiger partial charge is 0.181 e. The van der Waals surface area contributed by atoms with Crippen molar-refractivity contribution in [3.63, 3.8) is 0 Å². The van der Waals surface area contributed by atoms with E-state index in [1.807, 2.05) is 37.6 Å². The second kappa shape index (κ2) is 4.01. The molecule has 0 saturated heterocycles. The summed E-state index contributed by atoms with van der Waals surface area (Å²) in [6, 6.07) is 8.17. The molecule has 5 nitrogen and oxygen atoms in total. The van der Waals surface area contributed by atoms with Gasteiger partial charge in [0.15, 0.2) is 10.8 Å². The van der Waals surface area contributed by atoms with Gasteiger partial charge in [0.05, 0.1) is 16.4 Å². The maximum atomic E-state index is 5.81. The summed E-state index contributed by atoms with van der Waals surface area (Å²) < 4.78 is 2.85. The minimum absolute atomic E-state index is 0.586. The van der Waals surface area contributed by atoms with Gasteiger partial charge in [-0.15, -0.1) is 0 Å². The van der Waals surface area contributed by atoms with Crippen molar-refractivity contribution in [2.45, 2.75) is 0 Å². The summed E-state index contributed by atoms with van der Waals surface area (Å²) in [6.07, 6.45) is 3.68. The van der Waals surface area contributed by atoms with E-state index in [9.17, 15) is 0 Å². The fourth-order valence-electron chi connectivity index (χ4n) is 2.39. The van der Waals surface area contributed by atoms with Crippen LogP contribution in [0.1, 0.15) is 0 Å². The van der Waals surface area contributed by atoms with Crippen molar-refractivity contribution in [3.8, 4) is 11.1 Å². The van der Waals surface area contributed by atoms with E-state index in [0.717, 1.165) is 32.4 Å². The Bertz CT molecular complexity index is 937. The van der Waals surface area contributed by atoms with Gasteiger partial charge in [-0.2, -0.15) is 5.10 Å². The van der Waals surface area contributed by atoms with Gasteiger partial charge in [-0.25, -0.2) is 9.97 Å². The van der Waals surface area contributed by atoms with Crippen LogP contribution in [0.25, 0.3) is 32.4 Å². The lowest BCUT2D eigenvalue weighted by Crippen LogP contribution is -1.91. The van der Waals surface area contributed by atoms with Crippen LogP contribution >= 0.6 is 11.3 Å². The molecule has 2 N–H and O–H groups in total. The number of benzene rings is 1. The summed E-state index contributed by atoms with van der Waals surface area (Å²) in [4.78, 5) is 8.90. The number of aryl methyl sites for hydroxylation is 1. The summed E-state index contributed by atoms with van der Waals surface area (Å²) in [7, 11) is 1.89. The Morgan fingerprint density at radius 3 is 3.05 bits per heavy atom. The van der Waals surface area contributed by atoms with Crippen LogP contribution < -0.4 is 5.73 Å². The predicted octanol–water partition coefficient (Wildman–Crippen LogP) is 2.83. The molecule has 0 unspecified atom stereocenters. The first-order valence-electron chi connectivity index (χ1n) is 6.15. The number of pyridine rings is 1. The van der Waals surface area contributed by atoms with Gasteiger partial charge in [0.1, 0.15) is 0 Å². The van der Waals surface area contributed by atoms with Crippen LogP contribution in [0.15, 0.2) is 36.7 Å². The molecule has 4 aromatic rings. The van der Waals surface area contributed by atoms with Crippen LogP contribution in [0.5, 0.6) is 0 Å². The lowest BCUT2D eigenvalue weighted by atomic mass is 10.1. The normalized spacial score (nSPS) is 11.4. The molecule has 0 spiro atoms. The zero-order chi connectivity index (χ0) is 13.7. The predicted molar refractivity (Wildman–Crippen MR) is 81.5 cm³/mol. The standard InChI is InChI=1S/C14H11N5S/c1-19-13-9(7-17-19)5-8(6-16-13)10-3-2-4-11-12(10)18-14(15)20-11/h2-7H,1H3,(H2,15,18). The first-order valence-corrected chi connectivity index (χ1v) is 6.97. The topological polar surface area (TPSA) is 69.6 Å². The summed E-state index contributed by atoms with van der Waals surface area (Å²) in [5.41, 5.74) is 9.69. The van der Waals surface area contributed by atoms with E-state index in [1.54, 1.807) is 4.68 Å². The number of aromatic nitrogens is 4. The van der Waals surface area contributed by atoms with E-state index in [2.05, 4.69) is 21.1 Å². The second-order valence-electron chi connectivity index (χ2n) is 4.61. The minimum Gasteiger partial charge on any atom is -0.375 e. The number of rotatable bonds is 1. The summed E-state index contributed by atoms with van der Waals surface area (Å²) in [5, 5.41) is 5.82. The average Bonchev–Trinajstić information content (AvgIpc) is 3.00. The van der Waals surface area contributed by atoms with Crippen LogP contribution in [0.2, 0.25) is 0 Å². The highest BCUT2D eigenvalue weighted by atomic mass is 32.1. The monoisotopic (exact) mass is 281 g/mol. The number of nitrogens with two attached hydrogens (primary N) is 1. The molecule has 0 aliphatic carbocycles. The van der Waals surface area contributed by atoms with E-state index >= 15 is 0 Å².